The van der Waals surface area contributed by atoms with Crippen molar-refractivity contribution in [2.24, 2.45) is 5.10 Å². The standard InChI is InChI=1S/C26H26N4S/c1-2-3-18-30(23-12-8-5-9-13-23)24-16-14-21(15-17-24)19-27-29-26-28-25(20-31-26)22-10-6-4-7-11-22/h4-17,19-20H,2-3,18H2,1H3,(H,28,29). The number of hydrogen-bond donors (Lipinski definition) is 1. The van der Waals surface area contributed by atoms with Crippen LogP contribution in [0, 0.1) is 0 Å². The minimum Gasteiger partial charge on any atom is -0.341 e. The Kier molecular flexibility index (Phi) is 7.08. The topological polar surface area (TPSA) is 40.5 Å². The number of aromatic nitrogens is 1. The van der Waals surface area contributed by atoms with Gasteiger partial charge in [0.05, 0.1) is 11.9 Å². The zero-order valence-electron chi connectivity index (χ0n) is 17.6. The number of anilines is 3. The summed E-state index contributed by atoms with van der Waals surface area (Å²) in [5.74, 6) is 0. The van der Waals surface area contributed by atoms with Crippen LogP contribution in [0.4, 0.5) is 16.5 Å². The molecular formula is C26H26N4S. The lowest BCUT2D eigenvalue weighted by Crippen LogP contribution is -2.18. The summed E-state index contributed by atoms with van der Waals surface area (Å²) in [5.41, 5.74) is 8.56. The van der Waals surface area contributed by atoms with Crippen LogP contribution in [0.25, 0.3) is 11.3 Å². The molecule has 0 aliphatic carbocycles. The molecule has 0 aliphatic rings. The highest BCUT2D eigenvalue weighted by molar-refractivity contribution is 7.14. The summed E-state index contributed by atoms with van der Waals surface area (Å²) >= 11 is 1.55. The summed E-state index contributed by atoms with van der Waals surface area (Å²) < 4.78 is 0. The van der Waals surface area contributed by atoms with Gasteiger partial charge in [0.1, 0.15) is 0 Å². The van der Waals surface area contributed by atoms with Crippen molar-refractivity contribution in [2.75, 3.05) is 16.9 Å². The number of para-hydroxylation sites is 1. The number of thiazole rings is 1. The van der Waals surface area contributed by atoms with Gasteiger partial charge in [0.2, 0.25) is 5.13 Å². The van der Waals surface area contributed by atoms with Crippen LogP contribution in [-0.2, 0) is 0 Å². The molecule has 156 valence electrons. The summed E-state index contributed by atoms with van der Waals surface area (Å²) in [7, 11) is 0. The van der Waals surface area contributed by atoms with Crippen molar-refractivity contribution < 1.29 is 0 Å². The van der Waals surface area contributed by atoms with Crippen LogP contribution < -0.4 is 10.3 Å². The maximum Gasteiger partial charge on any atom is 0.203 e. The molecule has 0 amide bonds. The molecule has 0 fully saturated rings. The van der Waals surface area contributed by atoms with Crippen LogP contribution in [0.3, 0.4) is 0 Å². The van der Waals surface area contributed by atoms with Gasteiger partial charge in [-0.05, 0) is 36.2 Å². The number of unbranched alkanes of at least 4 members (excludes halogenated alkanes) is 1. The molecule has 3 aromatic carbocycles. The Bertz CT molecular complexity index is 1090. The first-order valence-corrected chi connectivity index (χ1v) is 11.4. The second kappa shape index (κ2) is 10.5. The van der Waals surface area contributed by atoms with Crippen LogP contribution in [0.5, 0.6) is 0 Å². The van der Waals surface area contributed by atoms with E-state index in [1.165, 1.54) is 17.8 Å². The van der Waals surface area contributed by atoms with Crippen molar-refractivity contribution in [3.63, 3.8) is 0 Å². The van der Waals surface area contributed by atoms with Gasteiger partial charge in [-0.25, -0.2) is 4.98 Å². The average molecular weight is 427 g/mol. The Labute approximate surface area is 187 Å². The van der Waals surface area contributed by atoms with E-state index in [2.05, 4.69) is 94.1 Å². The van der Waals surface area contributed by atoms with Crippen molar-refractivity contribution in [1.82, 2.24) is 4.98 Å². The quantitative estimate of drug-likeness (QED) is 0.227. The number of hydrazone groups is 1. The zero-order valence-corrected chi connectivity index (χ0v) is 18.4. The molecule has 1 N–H and O–H groups in total. The van der Waals surface area contributed by atoms with E-state index in [1.54, 1.807) is 11.3 Å². The van der Waals surface area contributed by atoms with Crippen molar-refractivity contribution in [3.8, 4) is 11.3 Å². The Morgan fingerprint density at radius 3 is 2.29 bits per heavy atom. The number of benzene rings is 3. The molecule has 31 heavy (non-hydrogen) atoms. The Morgan fingerprint density at radius 2 is 1.58 bits per heavy atom. The van der Waals surface area contributed by atoms with Gasteiger partial charge < -0.3 is 4.90 Å². The lowest BCUT2D eigenvalue weighted by molar-refractivity contribution is 0.786. The van der Waals surface area contributed by atoms with Crippen LogP contribution >= 0.6 is 11.3 Å². The van der Waals surface area contributed by atoms with E-state index in [0.29, 0.717) is 0 Å². The Balaban J connectivity index is 1.41. The molecule has 4 aromatic rings. The van der Waals surface area contributed by atoms with E-state index in [1.807, 2.05) is 29.8 Å². The number of rotatable bonds is 9. The van der Waals surface area contributed by atoms with Crippen LogP contribution in [0.15, 0.2) is 95.4 Å². The maximum absolute atomic E-state index is 4.60. The van der Waals surface area contributed by atoms with Crippen LogP contribution in [0.1, 0.15) is 25.3 Å². The normalized spacial score (nSPS) is 11.0. The summed E-state index contributed by atoms with van der Waals surface area (Å²) in [6, 6.07) is 29.2. The van der Waals surface area contributed by atoms with E-state index >= 15 is 0 Å². The van der Waals surface area contributed by atoms with Crippen molar-refractivity contribution in [1.29, 1.82) is 0 Å². The third-order valence-electron chi connectivity index (χ3n) is 4.96. The third-order valence-corrected chi connectivity index (χ3v) is 5.70. The number of nitrogens with zero attached hydrogens (tertiary/aromatic N) is 3. The van der Waals surface area contributed by atoms with Crippen LogP contribution in [0.2, 0.25) is 0 Å². The van der Waals surface area contributed by atoms with Gasteiger partial charge in [0.25, 0.3) is 0 Å². The minimum absolute atomic E-state index is 0.779. The maximum atomic E-state index is 4.60. The van der Waals surface area contributed by atoms with E-state index in [4.69, 9.17) is 0 Å². The Morgan fingerprint density at radius 1 is 0.903 bits per heavy atom. The van der Waals surface area contributed by atoms with Gasteiger partial charge in [-0.1, -0.05) is 74.0 Å². The second-order valence-electron chi connectivity index (χ2n) is 7.21. The molecular weight excluding hydrogens is 400 g/mol. The lowest BCUT2D eigenvalue weighted by atomic mass is 10.1. The van der Waals surface area contributed by atoms with Gasteiger partial charge in [-0.3, -0.25) is 5.43 Å². The first kappa shape index (κ1) is 20.8. The lowest BCUT2D eigenvalue weighted by Gasteiger charge is -2.25. The van der Waals surface area contributed by atoms with E-state index in [-0.39, 0.29) is 0 Å². The number of nitrogens with one attached hydrogen (secondary N) is 1. The van der Waals surface area contributed by atoms with Gasteiger partial charge in [0.15, 0.2) is 0 Å². The summed E-state index contributed by atoms with van der Waals surface area (Å²) in [6.45, 7) is 3.23. The fraction of sp³-hybridized carbons (Fsp3) is 0.154. The highest BCUT2D eigenvalue weighted by Crippen LogP contribution is 2.26. The molecule has 4 rings (SSSR count). The predicted molar refractivity (Wildman–Crippen MR) is 134 cm³/mol. The largest absolute Gasteiger partial charge is 0.341 e. The summed E-state index contributed by atoms with van der Waals surface area (Å²) in [5, 5.41) is 7.18. The first-order chi connectivity index (χ1) is 15.3. The fourth-order valence-electron chi connectivity index (χ4n) is 3.30. The summed E-state index contributed by atoms with van der Waals surface area (Å²) in [6.07, 6.45) is 4.15. The molecule has 0 spiro atoms. The first-order valence-electron chi connectivity index (χ1n) is 10.6. The Hall–Kier alpha value is -3.44. The van der Waals surface area contributed by atoms with Gasteiger partial charge in [-0.2, -0.15) is 5.10 Å². The van der Waals surface area contributed by atoms with Crippen molar-refractivity contribution in [2.45, 2.75) is 19.8 Å². The molecule has 0 radical (unpaired) electrons. The fourth-order valence-corrected chi connectivity index (χ4v) is 3.97. The van der Waals surface area contributed by atoms with Crippen LogP contribution in [-0.4, -0.2) is 17.7 Å². The molecule has 1 heterocycles. The van der Waals surface area contributed by atoms with Gasteiger partial charge in [-0.15, -0.1) is 11.3 Å². The highest BCUT2D eigenvalue weighted by atomic mass is 32.1. The van der Waals surface area contributed by atoms with E-state index in [9.17, 15) is 0 Å². The summed E-state index contributed by atoms with van der Waals surface area (Å²) in [4.78, 5) is 6.96. The minimum atomic E-state index is 0.779. The van der Waals surface area contributed by atoms with Gasteiger partial charge >= 0.3 is 0 Å². The number of hydrogen-bond acceptors (Lipinski definition) is 5. The third kappa shape index (κ3) is 5.58. The molecule has 0 aliphatic heterocycles. The molecule has 4 nitrogen and oxygen atoms in total. The monoisotopic (exact) mass is 426 g/mol. The van der Waals surface area contributed by atoms with Crippen molar-refractivity contribution >= 4 is 34.1 Å². The SMILES string of the molecule is CCCCN(c1ccccc1)c1ccc(C=NNc2nc(-c3ccccc3)cs2)cc1. The highest BCUT2D eigenvalue weighted by Gasteiger charge is 2.08. The van der Waals surface area contributed by atoms with Gasteiger partial charge in [0, 0.05) is 28.9 Å². The van der Waals surface area contributed by atoms with Crippen molar-refractivity contribution in [3.05, 3.63) is 95.9 Å². The molecule has 0 saturated heterocycles. The molecule has 0 unspecified atom stereocenters. The second-order valence-corrected chi connectivity index (χ2v) is 8.06. The smallest absolute Gasteiger partial charge is 0.203 e. The van der Waals surface area contributed by atoms with E-state index in [0.717, 1.165) is 34.9 Å². The molecule has 5 heteroatoms. The molecule has 1 aromatic heterocycles. The zero-order chi connectivity index (χ0) is 21.3. The molecule has 0 bridgehead atoms. The predicted octanol–water partition coefficient (Wildman–Crippen LogP) is 7.19. The van der Waals surface area contributed by atoms with E-state index < -0.39 is 0 Å². The average Bonchev–Trinajstić information content (AvgIpc) is 3.30. The molecule has 0 atom stereocenters. The molecule has 0 saturated carbocycles.